The monoisotopic (exact) mass is 396 g/mol. The number of aromatic nitrogens is 3. The molecule has 0 bridgehead atoms. The van der Waals surface area contributed by atoms with Crippen molar-refractivity contribution in [1.29, 1.82) is 0 Å². The first-order valence-corrected chi connectivity index (χ1v) is 9.48. The van der Waals surface area contributed by atoms with Crippen LogP contribution in [0.1, 0.15) is 43.1 Å². The summed E-state index contributed by atoms with van der Waals surface area (Å²) in [6, 6.07) is 0. The maximum atomic E-state index is 13.2. The van der Waals surface area contributed by atoms with Gasteiger partial charge >= 0.3 is 5.97 Å². The third-order valence-corrected chi connectivity index (χ3v) is 5.25. The lowest BCUT2D eigenvalue weighted by atomic mass is 9.89. The van der Waals surface area contributed by atoms with Crippen molar-refractivity contribution in [3.8, 4) is 10.9 Å². The minimum Gasteiger partial charge on any atom is -0.469 e. The number of methoxy groups -OCH3 is 1. The molecule has 0 radical (unpaired) electrons. The normalized spacial score (nSPS) is 15.8. The van der Waals surface area contributed by atoms with E-state index in [9.17, 15) is 14.0 Å². The predicted molar refractivity (Wildman–Crippen MR) is 94.9 cm³/mol. The van der Waals surface area contributed by atoms with Gasteiger partial charge in [0.25, 0.3) is 11.8 Å². The van der Waals surface area contributed by atoms with Crippen LogP contribution in [0.3, 0.4) is 0 Å². The number of hydrogen-bond donors (Lipinski definition) is 0. The summed E-state index contributed by atoms with van der Waals surface area (Å²) in [5.74, 6) is -0.122. The quantitative estimate of drug-likeness (QED) is 0.716. The Bertz CT molecular complexity index is 827. The number of carbonyl (C=O) groups excluding carboxylic acids is 2. The summed E-state index contributed by atoms with van der Waals surface area (Å²) in [6.07, 6.45) is 0.0885. The number of ether oxygens (including phenoxy) is 1. The Balaban J connectivity index is 1.69. The number of esters is 1. The van der Waals surface area contributed by atoms with Crippen molar-refractivity contribution in [2.24, 2.45) is 5.41 Å². The van der Waals surface area contributed by atoms with Gasteiger partial charge in [-0.3, -0.25) is 9.59 Å². The van der Waals surface area contributed by atoms with Crippen LogP contribution >= 0.6 is 11.3 Å². The molecule has 10 heteroatoms. The number of hydrogen-bond acceptors (Lipinski definition) is 8. The smallest absolute Gasteiger partial charge is 0.311 e. The zero-order chi connectivity index (χ0) is 19.6. The molecule has 0 spiro atoms. The molecule has 1 aliphatic heterocycles. The van der Waals surface area contributed by atoms with Crippen molar-refractivity contribution >= 4 is 23.2 Å². The number of rotatable bonds is 5. The Morgan fingerprint density at radius 1 is 1.37 bits per heavy atom. The third-order valence-electron chi connectivity index (χ3n) is 4.42. The van der Waals surface area contributed by atoms with Crippen molar-refractivity contribution in [3.63, 3.8) is 0 Å². The van der Waals surface area contributed by atoms with E-state index in [2.05, 4.69) is 15.2 Å². The van der Waals surface area contributed by atoms with E-state index in [-0.39, 0.29) is 35.8 Å². The van der Waals surface area contributed by atoms with E-state index < -0.39 is 11.6 Å². The van der Waals surface area contributed by atoms with Gasteiger partial charge in [0.1, 0.15) is 11.9 Å². The molecule has 146 valence electrons. The van der Waals surface area contributed by atoms with Gasteiger partial charge in [0.15, 0.2) is 5.01 Å². The molecule has 2 aromatic heterocycles. The largest absolute Gasteiger partial charge is 0.469 e. The molecule has 0 unspecified atom stereocenters. The van der Waals surface area contributed by atoms with Crippen LogP contribution in [-0.4, -0.2) is 58.3 Å². The van der Waals surface area contributed by atoms with Crippen LogP contribution in [0.4, 0.5) is 4.39 Å². The van der Waals surface area contributed by atoms with Crippen molar-refractivity contribution in [2.75, 3.05) is 20.2 Å². The highest BCUT2D eigenvalue weighted by molar-refractivity contribution is 7.13. The zero-order valence-electron chi connectivity index (χ0n) is 15.4. The molecule has 0 N–H and O–H groups in total. The Morgan fingerprint density at radius 3 is 2.74 bits per heavy atom. The van der Waals surface area contributed by atoms with Gasteiger partial charge in [-0.1, -0.05) is 0 Å². The van der Waals surface area contributed by atoms with E-state index in [4.69, 9.17) is 9.15 Å². The minimum absolute atomic E-state index is 0.192. The van der Waals surface area contributed by atoms with Crippen molar-refractivity contribution in [2.45, 2.75) is 39.3 Å². The standard InChI is InChI=1S/C17H21FN4O4S/c1-17(2,16(24)25-3)8-12-20-21-13(26-12)14-19-11(9-27-14)15(23)22-6-4-10(18)5-7-22/h9-10H,4-8H2,1-3H3. The van der Waals surface area contributed by atoms with Crippen LogP contribution in [0.2, 0.25) is 0 Å². The fraction of sp³-hybridized carbons (Fsp3) is 0.588. The molecule has 3 heterocycles. The van der Waals surface area contributed by atoms with E-state index in [1.807, 2.05) is 0 Å². The fourth-order valence-corrected chi connectivity index (χ4v) is 3.53. The summed E-state index contributed by atoms with van der Waals surface area (Å²) in [7, 11) is 1.33. The molecule has 2 aromatic rings. The van der Waals surface area contributed by atoms with Crippen molar-refractivity contribution in [3.05, 3.63) is 17.0 Å². The maximum absolute atomic E-state index is 13.2. The van der Waals surface area contributed by atoms with Gasteiger partial charge in [0.05, 0.1) is 12.5 Å². The van der Waals surface area contributed by atoms with Crippen LogP contribution in [-0.2, 0) is 16.0 Å². The SMILES string of the molecule is COC(=O)C(C)(C)Cc1nnc(-c2nc(C(=O)N3CCC(F)CC3)cs2)o1. The Hall–Kier alpha value is -2.36. The first-order valence-electron chi connectivity index (χ1n) is 8.60. The number of halogens is 1. The summed E-state index contributed by atoms with van der Waals surface area (Å²) < 4.78 is 23.6. The lowest BCUT2D eigenvalue weighted by Crippen LogP contribution is -2.39. The highest BCUT2D eigenvalue weighted by atomic mass is 32.1. The summed E-state index contributed by atoms with van der Waals surface area (Å²) in [5, 5.41) is 9.96. The lowest BCUT2D eigenvalue weighted by Gasteiger charge is -2.27. The molecule has 3 rings (SSSR count). The Labute approximate surface area is 159 Å². The number of thiazole rings is 1. The van der Waals surface area contributed by atoms with Crippen LogP contribution in [0.15, 0.2) is 9.80 Å². The van der Waals surface area contributed by atoms with Gasteiger partial charge in [-0.05, 0) is 26.7 Å². The van der Waals surface area contributed by atoms with E-state index in [1.54, 1.807) is 24.1 Å². The van der Waals surface area contributed by atoms with Crippen LogP contribution < -0.4 is 0 Å². The lowest BCUT2D eigenvalue weighted by molar-refractivity contribution is -0.150. The zero-order valence-corrected chi connectivity index (χ0v) is 16.2. The van der Waals surface area contributed by atoms with E-state index in [0.29, 0.717) is 30.9 Å². The van der Waals surface area contributed by atoms with Gasteiger partial charge in [-0.2, -0.15) is 0 Å². The third kappa shape index (κ3) is 4.32. The molecule has 0 saturated carbocycles. The first kappa shape index (κ1) is 19.4. The second kappa shape index (κ2) is 7.71. The summed E-state index contributed by atoms with van der Waals surface area (Å²) >= 11 is 1.22. The average molecular weight is 396 g/mol. The summed E-state index contributed by atoms with van der Waals surface area (Å²) in [5.41, 5.74) is -0.521. The molecular formula is C17H21FN4O4S. The van der Waals surface area contributed by atoms with Crippen LogP contribution in [0, 0.1) is 5.41 Å². The van der Waals surface area contributed by atoms with Gasteiger partial charge < -0.3 is 14.1 Å². The second-order valence-corrected chi connectivity index (χ2v) is 7.92. The number of nitrogens with zero attached hydrogens (tertiary/aromatic N) is 4. The molecule has 1 fully saturated rings. The summed E-state index contributed by atoms with van der Waals surface area (Å²) in [6.45, 7) is 4.23. The molecular weight excluding hydrogens is 375 g/mol. The van der Waals surface area contributed by atoms with E-state index >= 15 is 0 Å². The van der Waals surface area contributed by atoms with E-state index in [1.165, 1.54) is 18.4 Å². The molecule has 27 heavy (non-hydrogen) atoms. The van der Waals surface area contributed by atoms with Crippen LogP contribution in [0.5, 0.6) is 0 Å². The van der Waals surface area contributed by atoms with Gasteiger partial charge in [0.2, 0.25) is 5.89 Å². The fourth-order valence-electron chi connectivity index (χ4n) is 2.82. The Kier molecular flexibility index (Phi) is 5.54. The molecule has 1 aliphatic rings. The Morgan fingerprint density at radius 2 is 2.07 bits per heavy atom. The van der Waals surface area contributed by atoms with Crippen molar-refractivity contribution < 1.29 is 23.1 Å². The highest BCUT2D eigenvalue weighted by Crippen LogP contribution is 2.27. The average Bonchev–Trinajstić information content (AvgIpc) is 3.30. The number of carbonyl (C=O) groups is 2. The number of alkyl halides is 1. The molecule has 0 aliphatic carbocycles. The number of amides is 1. The highest BCUT2D eigenvalue weighted by Gasteiger charge is 2.32. The first-order chi connectivity index (χ1) is 12.8. The van der Waals surface area contributed by atoms with Gasteiger partial charge in [-0.25, -0.2) is 9.37 Å². The molecule has 8 nitrogen and oxygen atoms in total. The maximum Gasteiger partial charge on any atom is 0.311 e. The van der Waals surface area contributed by atoms with Crippen LogP contribution in [0.25, 0.3) is 10.9 Å². The number of piperidine rings is 1. The molecule has 0 aromatic carbocycles. The van der Waals surface area contributed by atoms with Crippen molar-refractivity contribution in [1.82, 2.24) is 20.1 Å². The molecule has 0 atom stereocenters. The molecule has 1 amide bonds. The van der Waals surface area contributed by atoms with E-state index in [0.717, 1.165) is 0 Å². The predicted octanol–water partition coefficient (Wildman–Crippen LogP) is 2.51. The number of likely N-dealkylation sites (tertiary alicyclic amines) is 1. The minimum atomic E-state index is -0.842. The summed E-state index contributed by atoms with van der Waals surface area (Å²) in [4.78, 5) is 30.1. The van der Waals surface area contributed by atoms with Gasteiger partial charge in [0, 0.05) is 24.9 Å². The topological polar surface area (TPSA) is 98.4 Å². The second-order valence-electron chi connectivity index (χ2n) is 7.06. The van der Waals surface area contributed by atoms with Gasteiger partial charge in [-0.15, -0.1) is 21.5 Å². The molecule has 1 saturated heterocycles.